The van der Waals surface area contributed by atoms with Crippen LogP contribution in [0.4, 0.5) is 5.82 Å². The zero-order valence-corrected chi connectivity index (χ0v) is 13.3. The maximum absolute atomic E-state index is 11.6. The highest BCUT2D eigenvalue weighted by Gasteiger charge is 2.23. The standard InChI is InChI=1S/C13H19ClN4OS/c1-3-6-18(2)11-7-10(14)16-13(17-11)20-8-12(19)15-9-4-5-9/h7,9H,3-6,8H2,1-2H3,(H,15,19). The molecule has 1 fully saturated rings. The van der Waals surface area contributed by atoms with Crippen molar-refractivity contribution in [2.45, 2.75) is 37.4 Å². The van der Waals surface area contributed by atoms with Crippen molar-refractivity contribution in [2.75, 3.05) is 24.2 Å². The Morgan fingerprint density at radius 3 is 2.95 bits per heavy atom. The van der Waals surface area contributed by atoms with Gasteiger partial charge in [-0.2, -0.15) is 0 Å². The summed E-state index contributed by atoms with van der Waals surface area (Å²) in [5.41, 5.74) is 0. The number of hydrogen-bond donors (Lipinski definition) is 1. The van der Waals surface area contributed by atoms with Crippen LogP contribution < -0.4 is 10.2 Å². The molecule has 1 amide bonds. The predicted octanol–water partition coefficient (Wildman–Crippen LogP) is 2.35. The monoisotopic (exact) mass is 314 g/mol. The Kier molecular flexibility index (Phi) is 5.48. The van der Waals surface area contributed by atoms with Crippen molar-refractivity contribution in [2.24, 2.45) is 0 Å². The van der Waals surface area contributed by atoms with Crippen LogP contribution >= 0.6 is 23.4 Å². The van der Waals surface area contributed by atoms with Crippen molar-refractivity contribution in [1.82, 2.24) is 15.3 Å². The van der Waals surface area contributed by atoms with Crippen molar-refractivity contribution in [3.63, 3.8) is 0 Å². The zero-order valence-electron chi connectivity index (χ0n) is 11.7. The van der Waals surface area contributed by atoms with E-state index in [0.717, 1.165) is 31.6 Å². The van der Waals surface area contributed by atoms with Gasteiger partial charge in [0.25, 0.3) is 0 Å². The number of thioether (sulfide) groups is 1. The SMILES string of the molecule is CCCN(C)c1cc(Cl)nc(SCC(=O)NC2CC2)n1. The number of aromatic nitrogens is 2. The largest absolute Gasteiger partial charge is 0.360 e. The number of anilines is 1. The fourth-order valence-corrected chi connectivity index (χ4v) is 2.61. The molecule has 7 heteroatoms. The van der Waals surface area contributed by atoms with Crippen LogP contribution in [-0.4, -0.2) is 41.3 Å². The van der Waals surface area contributed by atoms with Gasteiger partial charge in [-0.3, -0.25) is 4.79 Å². The Morgan fingerprint density at radius 2 is 2.30 bits per heavy atom. The van der Waals surface area contributed by atoms with Crippen molar-refractivity contribution >= 4 is 35.1 Å². The topological polar surface area (TPSA) is 58.1 Å². The molecule has 0 aliphatic heterocycles. The number of hydrogen-bond acceptors (Lipinski definition) is 5. The number of carbonyl (C=O) groups excluding carboxylic acids is 1. The summed E-state index contributed by atoms with van der Waals surface area (Å²) in [4.78, 5) is 22.3. The van der Waals surface area contributed by atoms with Crippen LogP contribution in [0.1, 0.15) is 26.2 Å². The van der Waals surface area contributed by atoms with E-state index in [-0.39, 0.29) is 5.91 Å². The summed E-state index contributed by atoms with van der Waals surface area (Å²) in [5.74, 6) is 1.15. The van der Waals surface area contributed by atoms with Crippen LogP contribution in [0, 0.1) is 0 Å². The summed E-state index contributed by atoms with van der Waals surface area (Å²) in [6.45, 7) is 3.01. The van der Waals surface area contributed by atoms with Crippen LogP contribution in [-0.2, 0) is 4.79 Å². The lowest BCUT2D eigenvalue weighted by atomic mass is 10.4. The van der Waals surface area contributed by atoms with Gasteiger partial charge in [-0.25, -0.2) is 9.97 Å². The molecule has 1 aromatic heterocycles. The fourth-order valence-electron chi connectivity index (χ4n) is 1.72. The molecule has 110 valence electrons. The van der Waals surface area contributed by atoms with E-state index in [0.29, 0.717) is 22.1 Å². The van der Waals surface area contributed by atoms with Crippen molar-refractivity contribution in [3.8, 4) is 0 Å². The van der Waals surface area contributed by atoms with E-state index in [1.165, 1.54) is 11.8 Å². The minimum absolute atomic E-state index is 0.0320. The minimum Gasteiger partial charge on any atom is -0.360 e. The second-order valence-electron chi connectivity index (χ2n) is 4.88. The predicted molar refractivity (Wildman–Crippen MR) is 82.5 cm³/mol. The number of carbonyl (C=O) groups is 1. The van der Waals surface area contributed by atoms with Crippen LogP contribution in [0.3, 0.4) is 0 Å². The fraction of sp³-hybridized carbons (Fsp3) is 0.615. The lowest BCUT2D eigenvalue weighted by Crippen LogP contribution is -2.27. The molecule has 1 N–H and O–H groups in total. The van der Waals surface area contributed by atoms with Crippen LogP contribution in [0.15, 0.2) is 11.2 Å². The number of halogens is 1. The molecule has 1 aromatic rings. The molecule has 0 atom stereocenters. The molecule has 20 heavy (non-hydrogen) atoms. The molecule has 2 rings (SSSR count). The molecule has 1 aliphatic carbocycles. The van der Waals surface area contributed by atoms with E-state index in [4.69, 9.17) is 11.6 Å². The van der Waals surface area contributed by atoms with Gasteiger partial charge >= 0.3 is 0 Å². The highest BCUT2D eigenvalue weighted by molar-refractivity contribution is 7.99. The number of nitrogens with zero attached hydrogens (tertiary/aromatic N) is 3. The molecule has 1 saturated carbocycles. The van der Waals surface area contributed by atoms with Gasteiger partial charge in [0.1, 0.15) is 11.0 Å². The Morgan fingerprint density at radius 1 is 1.55 bits per heavy atom. The third-order valence-electron chi connectivity index (χ3n) is 2.89. The average Bonchev–Trinajstić information content (AvgIpc) is 3.20. The molecular weight excluding hydrogens is 296 g/mol. The van der Waals surface area contributed by atoms with Gasteiger partial charge in [0.2, 0.25) is 5.91 Å². The lowest BCUT2D eigenvalue weighted by molar-refractivity contribution is -0.118. The smallest absolute Gasteiger partial charge is 0.230 e. The first-order valence-electron chi connectivity index (χ1n) is 6.76. The summed E-state index contributed by atoms with van der Waals surface area (Å²) in [7, 11) is 1.97. The summed E-state index contributed by atoms with van der Waals surface area (Å²) in [5, 5.41) is 3.89. The highest BCUT2D eigenvalue weighted by atomic mass is 35.5. The van der Waals surface area contributed by atoms with Gasteiger partial charge < -0.3 is 10.2 Å². The zero-order chi connectivity index (χ0) is 14.5. The molecule has 0 unspecified atom stereocenters. The molecule has 0 radical (unpaired) electrons. The molecule has 5 nitrogen and oxygen atoms in total. The molecule has 1 aliphatic rings. The molecule has 0 saturated heterocycles. The van der Waals surface area contributed by atoms with Gasteiger partial charge in [0, 0.05) is 25.7 Å². The van der Waals surface area contributed by atoms with E-state index in [1.807, 2.05) is 11.9 Å². The van der Waals surface area contributed by atoms with Gasteiger partial charge in [-0.1, -0.05) is 30.3 Å². The lowest BCUT2D eigenvalue weighted by Gasteiger charge is -2.17. The van der Waals surface area contributed by atoms with Gasteiger partial charge in [0.15, 0.2) is 5.16 Å². The summed E-state index contributed by atoms with van der Waals surface area (Å²) in [6.07, 6.45) is 3.22. The van der Waals surface area contributed by atoms with E-state index in [9.17, 15) is 4.79 Å². The van der Waals surface area contributed by atoms with E-state index in [1.54, 1.807) is 6.07 Å². The number of rotatable bonds is 7. The van der Waals surface area contributed by atoms with Gasteiger partial charge in [-0.15, -0.1) is 0 Å². The number of nitrogens with one attached hydrogen (secondary N) is 1. The highest BCUT2D eigenvalue weighted by Crippen LogP contribution is 2.22. The van der Waals surface area contributed by atoms with E-state index < -0.39 is 0 Å². The third-order valence-corrected chi connectivity index (χ3v) is 3.93. The van der Waals surface area contributed by atoms with Gasteiger partial charge in [0.05, 0.1) is 5.75 Å². The van der Waals surface area contributed by atoms with Crippen molar-refractivity contribution < 1.29 is 4.79 Å². The number of amides is 1. The van der Waals surface area contributed by atoms with Crippen LogP contribution in [0.25, 0.3) is 0 Å². The Balaban J connectivity index is 1.94. The molecule has 0 bridgehead atoms. The Hall–Kier alpha value is -1.01. The summed E-state index contributed by atoms with van der Waals surface area (Å²) in [6, 6.07) is 2.13. The molecule has 0 spiro atoms. The maximum atomic E-state index is 11.6. The average molecular weight is 315 g/mol. The second kappa shape index (κ2) is 7.13. The summed E-state index contributed by atoms with van der Waals surface area (Å²) < 4.78 is 0. The van der Waals surface area contributed by atoms with Crippen LogP contribution in [0.2, 0.25) is 5.15 Å². The molecule has 1 heterocycles. The van der Waals surface area contributed by atoms with Crippen molar-refractivity contribution in [3.05, 3.63) is 11.2 Å². The summed E-state index contributed by atoms with van der Waals surface area (Å²) >= 11 is 7.33. The maximum Gasteiger partial charge on any atom is 0.230 e. The first-order valence-corrected chi connectivity index (χ1v) is 8.12. The quantitative estimate of drug-likeness (QED) is 0.475. The van der Waals surface area contributed by atoms with E-state index >= 15 is 0 Å². The van der Waals surface area contributed by atoms with Crippen molar-refractivity contribution in [1.29, 1.82) is 0 Å². The van der Waals surface area contributed by atoms with E-state index in [2.05, 4.69) is 22.2 Å². The van der Waals surface area contributed by atoms with Crippen LogP contribution in [0.5, 0.6) is 0 Å². The Labute approximate surface area is 128 Å². The van der Waals surface area contributed by atoms with Gasteiger partial charge in [-0.05, 0) is 19.3 Å². The third kappa shape index (κ3) is 4.83. The second-order valence-corrected chi connectivity index (χ2v) is 6.21. The first kappa shape index (κ1) is 15.4. The first-order chi connectivity index (χ1) is 9.58. The minimum atomic E-state index is 0.0320. The molecular formula is C13H19ClN4OS. The Bertz CT molecular complexity index is 481. The normalized spacial score (nSPS) is 14.2. The molecule has 0 aromatic carbocycles.